The van der Waals surface area contributed by atoms with Crippen LogP contribution in [0, 0.1) is 5.92 Å². The fourth-order valence-electron chi connectivity index (χ4n) is 5.51. The monoisotopic (exact) mass is 589 g/mol. The summed E-state index contributed by atoms with van der Waals surface area (Å²) in [6.07, 6.45) is 2.98. The number of carbonyl (C=O) groups excluding carboxylic acids is 2. The predicted octanol–water partition coefficient (Wildman–Crippen LogP) is 2.75. The third kappa shape index (κ3) is 5.46. The molecular weight excluding hydrogens is 554 g/mol. The molecule has 0 bridgehead atoms. The second-order valence-corrected chi connectivity index (χ2v) is 13.6. The molecule has 2 heterocycles. The topological polar surface area (TPSA) is 130 Å². The van der Waals surface area contributed by atoms with Crippen molar-refractivity contribution in [3.05, 3.63) is 67.3 Å². The van der Waals surface area contributed by atoms with Gasteiger partial charge in [-0.15, -0.1) is 6.58 Å². The highest BCUT2D eigenvalue weighted by Gasteiger charge is 2.61. The molecule has 0 unspecified atom stereocenters. The molecular formula is C31H35N5O5S. The quantitative estimate of drug-likeness (QED) is 0.308. The Labute approximate surface area is 245 Å². The van der Waals surface area contributed by atoms with E-state index in [2.05, 4.69) is 21.9 Å². The van der Waals surface area contributed by atoms with Crippen LogP contribution < -0.4 is 25.0 Å². The molecule has 2 amide bonds. The SMILES string of the molecule is C=C[C@@H]1C[C@]1(NC(=O)[C@@H]1C[C@@H](Oc2nc(-c3ccc(N(C)C)cc3)cc3ccccc23)CN1)C(=O)NS(=O)(=O)C1CC1. The first kappa shape index (κ1) is 28.2. The van der Waals surface area contributed by atoms with E-state index in [0.29, 0.717) is 38.1 Å². The van der Waals surface area contributed by atoms with E-state index >= 15 is 0 Å². The van der Waals surface area contributed by atoms with Crippen LogP contribution in [0.15, 0.2) is 67.3 Å². The van der Waals surface area contributed by atoms with Gasteiger partial charge in [-0.1, -0.05) is 36.4 Å². The molecule has 4 atom stereocenters. The van der Waals surface area contributed by atoms with Crippen molar-refractivity contribution in [3.63, 3.8) is 0 Å². The van der Waals surface area contributed by atoms with Gasteiger partial charge in [0.1, 0.15) is 11.6 Å². The van der Waals surface area contributed by atoms with Crippen molar-refractivity contribution in [2.75, 3.05) is 25.5 Å². The van der Waals surface area contributed by atoms with Crippen molar-refractivity contribution < 1.29 is 22.7 Å². The molecule has 42 heavy (non-hydrogen) atoms. The van der Waals surface area contributed by atoms with Crippen LogP contribution in [0.4, 0.5) is 5.69 Å². The number of amides is 2. The first-order valence-corrected chi connectivity index (χ1v) is 15.7. The summed E-state index contributed by atoms with van der Waals surface area (Å²) < 4.78 is 33.3. The molecule has 1 aromatic heterocycles. The van der Waals surface area contributed by atoms with E-state index < -0.39 is 32.8 Å². The normalized spacial score (nSPS) is 25.0. The molecule has 0 radical (unpaired) electrons. The van der Waals surface area contributed by atoms with Crippen LogP contribution in [0.1, 0.15) is 25.7 Å². The van der Waals surface area contributed by atoms with Gasteiger partial charge in [0.15, 0.2) is 0 Å². The van der Waals surface area contributed by atoms with E-state index in [9.17, 15) is 18.0 Å². The molecule has 2 aromatic carbocycles. The number of rotatable bonds is 10. The third-order valence-electron chi connectivity index (χ3n) is 8.32. The summed E-state index contributed by atoms with van der Waals surface area (Å²) in [6, 6.07) is 17.5. The van der Waals surface area contributed by atoms with E-state index in [0.717, 1.165) is 27.7 Å². The predicted molar refractivity (Wildman–Crippen MR) is 162 cm³/mol. The van der Waals surface area contributed by atoms with E-state index in [1.165, 1.54) is 0 Å². The molecule has 0 spiro atoms. The Bertz CT molecular complexity index is 1650. The van der Waals surface area contributed by atoms with Gasteiger partial charge in [-0.2, -0.15) is 0 Å². The van der Waals surface area contributed by atoms with Gasteiger partial charge in [0.25, 0.3) is 5.91 Å². The van der Waals surface area contributed by atoms with Crippen LogP contribution in [0.3, 0.4) is 0 Å². The van der Waals surface area contributed by atoms with Crippen LogP contribution >= 0.6 is 0 Å². The minimum Gasteiger partial charge on any atom is -0.472 e. The first-order chi connectivity index (χ1) is 20.1. The molecule has 3 aromatic rings. The second-order valence-electron chi connectivity index (χ2n) is 11.6. The molecule has 3 fully saturated rings. The largest absolute Gasteiger partial charge is 0.472 e. The maximum absolute atomic E-state index is 13.3. The second kappa shape index (κ2) is 10.7. The maximum Gasteiger partial charge on any atom is 0.259 e. The molecule has 3 N–H and O–H groups in total. The zero-order valence-corrected chi connectivity index (χ0v) is 24.5. The molecule has 6 rings (SSSR count). The number of anilines is 1. The lowest BCUT2D eigenvalue weighted by Crippen LogP contribution is -2.55. The highest BCUT2D eigenvalue weighted by molar-refractivity contribution is 7.91. The van der Waals surface area contributed by atoms with Crippen LogP contribution in [-0.4, -0.2) is 68.8 Å². The summed E-state index contributed by atoms with van der Waals surface area (Å²) in [4.78, 5) is 33.2. The summed E-state index contributed by atoms with van der Waals surface area (Å²) in [5, 5.41) is 7.35. The lowest BCUT2D eigenvalue weighted by molar-refractivity contribution is -0.130. The number of carbonyl (C=O) groups is 2. The van der Waals surface area contributed by atoms with Gasteiger partial charge in [0.05, 0.1) is 17.0 Å². The highest BCUT2D eigenvalue weighted by Crippen LogP contribution is 2.45. The molecule has 1 saturated heterocycles. The Morgan fingerprint density at radius 3 is 2.55 bits per heavy atom. The number of sulfonamides is 1. The summed E-state index contributed by atoms with van der Waals surface area (Å²) in [7, 11) is 0.253. The van der Waals surface area contributed by atoms with Crippen LogP contribution in [0.25, 0.3) is 22.0 Å². The van der Waals surface area contributed by atoms with E-state index in [1.54, 1.807) is 6.08 Å². The van der Waals surface area contributed by atoms with Crippen molar-refractivity contribution in [3.8, 4) is 17.1 Å². The molecule has 10 nitrogen and oxygen atoms in total. The van der Waals surface area contributed by atoms with Gasteiger partial charge in [0, 0.05) is 49.6 Å². The summed E-state index contributed by atoms with van der Waals surface area (Å²) >= 11 is 0. The Morgan fingerprint density at radius 2 is 1.88 bits per heavy atom. The smallest absolute Gasteiger partial charge is 0.259 e. The third-order valence-corrected chi connectivity index (χ3v) is 10.1. The molecule has 2 aliphatic carbocycles. The minimum absolute atomic E-state index is 0.305. The van der Waals surface area contributed by atoms with Crippen LogP contribution in [0.5, 0.6) is 5.88 Å². The Balaban J connectivity index is 1.16. The Morgan fingerprint density at radius 1 is 1.14 bits per heavy atom. The zero-order chi connectivity index (χ0) is 29.6. The van der Waals surface area contributed by atoms with Crippen molar-refractivity contribution in [2.24, 2.45) is 5.92 Å². The average molecular weight is 590 g/mol. The Hall–Kier alpha value is -3.96. The minimum atomic E-state index is -3.74. The summed E-state index contributed by atoms with van der Waals surface area (Å²) in [6.45, 7) is 4.16. The van der Waals surface area contributed by atoms with Crippen LogP contribution in [0.2, 0.25) is 0 Å². The van der Waals surface area contributed by atoms with Crippen LogP contribution in [-0.2, 0) is 19.6 Å². The van der Waals surface area contributed by atoms with Crippen molar-refractivity contribution in [2.45, 2.75) is 48.6 Å². The number of ether oxygens (including phenoxy) is 1. The molecule has 11 heteroatoms. The van der Waals surface area contributed by atoms with Crippen molar-refractivity contribution in [1.29, 1.82) is 0 Å². The van der Waals surface area contributed by atoms with Gasteiger partial charge in [-0.3, -0.25) is 14.3 Å². The first-order valence-electron chi connectivity index (χ1n) is 14.2. The number of hydrogen-bond donors (Lipinski definition) is 3. The van der Waals surface area contributed by atoms with Crippen molar-refractivity contribution >= 4 is 38.3 Å². The molecule has 3 aliphatic rings. The molecule has 2 saturated carbocycles. The van der Waals surface area contributed by atoms with E-state index in [4.69, 9.17) is 9.72 Å². The molecule has 1 aliphatic heterocycles. The summed E-state index contributed by atoms with van der Waals surface area (Å²) in [5.74, 6) is -0.932. The zero-order valence-electron chi connectivity index (χ0n) is 23.7. The average Bonchev–Trinajstić information content (AvgIpc) is 3.90. The number of hydrogen-bond acceptors (Lipinski definition) is 8. The van der Waals surface area contributed by atoms with Gasteiger partial charge in [-0.05, 0) is 48.9 Å². The summed E-state index contributed by atoms with van der Waals surface area (Å²) in [5.41, 5.74) is 1.53. The van der Waals surface area contributed by atoms with E-state index in [-0.39, 0.29) is 17.9 Å². The standard InChI is InChI=1S/C31H35N5O5S/c1-4-21-17-31(21,30(38)35-42(39,40)24-13-14-24)34-28(37)27-16-23(18-32-27)41-29-25-8-6-5-7-20(25)15-26(33-29)19-9-11-22(12-10-19)36(2)3/h4-12,15,21,23-24,27,32H,1,13-14,16-18H2,2-3H3,(H,34,37)(H,35,38)/t21-,23-,27+,31-/m1/s1. The maximum atomic E-state index is 13.3. The number of pyridine rings is 1. The number of aromatic nitrogens is 1. The van der Waals surface area contributed by atoms with Gasteiger partial charge in [0.2, 0.25) is 21.8 Å². The Kier molecular flexibility index (Phi) is 7.18. The number of fused-ring (bicyclic) bond motifs is 1. The number of benzene rings is 2. The fourth-order valence-corrected chi connectivity index (χ4v) is 6.87. The molecule has 220 valence electrons. The number of nitrogens with zero attached hydrogens (tertiary/aromatic N) is 2. The van der Waals surface area contributed by atoms with Crippen molar-refractivity contribution in [1.82, 2.24) is 20.3 Å². The van der Waals surface area contributed by atoms with Gasteiger partial charge in [-0.25, -0.2) is 13.4 Å². The van der Waals surface area contributed by atoms with Gasteiger partial charge >= 0.3 is 0 Å². The fraction of sp³-hybridized carbons (Fsp3) is 0.387. The number of nitrogens with one attached hydrogen (secondary N) is 3. The van der Waals surface area contributed by atoms with Gasteiger partial charge < -0.3 is 20.3 Å². The lowest BCUT2D eigenvalue weighted by Gasteiger charge is -2.21. The van der Waals surface area contributed by atoms with E-state index in [1.807, 2.05) is 73.6 Å². The lowest BCUT2D eigenvalue weighted by atomic mass is 10.1. The highest BCUT2D eigenvalue weighted by atomic mass is 32.2.